The van der Waals surface area contributed by atoms with Crippen molar-refractivity contribution in [1.29, 1.82) is 0 Å². The van der Waals surface area contributed by atoms with Gasteiger partial charge >= 0.3 is 0 Å². The average molecular weight is 512 g/mol. The third kappa shape index (κ3) is 5.77. The molecule has 1 aliphatic carbocycles. The molecule has 0 amide bonds. The van der Waals surface area contributed by atoms with Gasteiger partial charge in [-0.25, -0.2) is 4.39 Å². The van der Waals surface area contributed by atoms with Crippen molar-refractivity contribution >= 4 is 16.7 Å². The molecular formula is C28H38FN5O3. The first kappa shape index (κ1) is 26.0. The van der Waals surface area contributed by atoms with E-state index in [0.717, 1.165) is 49.9 Å². The Morgan fingerprint density at radius 2 is 2.05 bits per heavy atom. The smallest absolute Gasteiger partial charge is 0.291 e. The maximum Gasteiger partial charge on any atom is 0.291 e. The molecule has 2 aliphatic rings. The van der Waals surface area contributed by atoms with Gasteiger partial charge in [-0.15, -0.1) is 0 Å². The van der Waals surface area contributed by atoms with Crippen LogP contribution in [0.2, 0.25) is 0 Å². The summed E-state index contributed by atoms with van der Waals surface area (Å²) in [6, 6.07) is 5.61. The van der Waals surface area contributed by atoms with Gasteiger partial charge in [0.1, 0.15) is 17.9 Å². The number of methoxy groups -OCH3 is 1. The summed E-state index contributed by atoms with van der Waals surface area (Å²) in [5, 5.41) is 9.57. The lowest BCUT2D eigenvalue weighted by atomic mass is 9.94. The van der Waals surface area contributed by atoms with Crippen LogP contribution in [0, 0.1) is 17.7 Å². The quantitative estimate of drug-likeness (QED) is 0.370. The molecule has 37 heavy (non-hydrogen) atoms. The second kappa shape index (κ2) is 11.4. The van der Waals surface area contributed by atoms with Crippen molar-refractivity contribution in [3.63, 3.8) is 0 Å². The number of ketones is 1. The Morgan fingerprint density at radius 3 is 2.86 bits per heavy atom. The van der Waals surface area contributed by atoms with Crippen LogP contribution < -0.4 is 0 Å². The van der Waals surface area contributed by atoms with E-state index in [-0.39, 0.29) is 30.1 Å². The van der Waals surface area contributed by atoms with Gasteiger partial charge in [0.05, 0.1) is 5.69 Å². The number of Topliss-reactive ketones (excluding diaryl/α,β-unsaturated/α-hetero) is 1. The second-order valence-corrected chi connectivity index (χ2v) is 11.1. The molecule has 8 nitrogen and oxygen atoms in total. The molecule has 200 valence electrons. The summed E-state index contributed by atoms with van der Waals surface area (Å²) >= 11 is 0. The number of benzene rings is 1. The van der Waals surface area contributed by atoms with E-state index in [1.165, 1.54) is 23.6 Å². The normalized spacial score (nSPS) is 23.2. The van der Waals surface area contributed by atoms with Gasteiger partial charge in [0, 0.05) is 37.9 Å². The molecule has 9 heteroatoms. The van der Waals surface area contributed by atoms with E-state index < -0.39 is 0 Å². The summed E-state index contributed by atoms with van der Waals surface area (Å²) in [4.78, 5) is 19.2. The average Bonchev–Trinajstić information content (AvgIpc) is 3.57. The number of aromatic nitrogens is 4. The SMILES string of the molecule is COCC(=O)C[C@@H]1CCCC(N2CC[C@H](Cc3nc(-n4nc(C(C)C)c5cccc(F)c54)no3)C2)CC1. The molecular weight excluding hydrogens is 473 g/mol. The van der Waals surface area contributed by atoms with Crippen molar-refractivity contribution in [1.82, 2.24) is 24.8 Å². The Hall–Kier alpha value is -2.65. The molecule has 1 aliphatic heterocycles. The summed E-state index contributed by atoms with van der Waals surface area (Å²) in [6.07, 6.45) is 8.23. The Balaban J connectivity index is 1.20. The summed E-state index contributed by atoms with van der Waals surface area (Å²) in [5.41, 5.74) is 1.21. The van der Waals surface area contributed by atoms with E-state index in [4.69, 9.17) is 9.26 Å². The maximum atomic E-state index is 14.7. The molecule has 1 saturated heterocycles. The minimum Gasteiger partial charge on any atom is -0.377 e. The third-order valence-corrected chi connectivity index (χ3v) is 8.05. The number of carbonyl (C=O) groups is 1. The van der Waals surface area contributed by atoms with Crippen molar-refractivity contribution in [2.75, 3.05) is 26.8 Å². The van der Waals surface area contributed by atoms with E-state index in [9.17, 15) is 9.18 Å². The summed E-state index contributed by atoms with van der Waals surface area (Å²) in [5.74, 6) is 1.82. The highest BCUT2D eigenvalue weighted by Gasteiger charge is 2.31. The highest BCUT2D eigenvalue weighted by atomic mass is 19.1. The summed E-state index contributed by atoms with van der Waals surface area (Å²) in [7, 11) is 1.59. The number of hydrogen-bond donors (Lipinski definition) is 0. The summed E-state index contributed by atoms with van der Waals surface area (Å²) in [6.45, 7) is 6.41. The Kier molecular flexibility index (Phi) is 8.00. The molecule has 3 heterocycles. The minimum atomic E-state index is -0.344. The van der Waals surface area contributed by atoms with E-state index in [1.54, 1.807) is 13.2 Å². The van der Waals surface area contributed by atoms with Crippen LogP contribution in [-0.2, 0) is 16.0 Å². The molecule has 1 saturated carbocycles. The predicted octanol–water partition coefficient (Wildman–Crippen LogP) is 5.09. The molecule has 2 aromatic heterocycles. The highest BCUT2D eigenvalue weighted by Crippen LogP contribution is 2.32. The standard InChI is InChI=1S/C28H38FN5O3/c1-18(2)26-23-8-5-9-24(29)27(23)34(31-26)28-30-25(37-32-28)15-20-12-13-33(16-20)21-7-4-6-19(10-11-21)14-22(35)17-36-3/h5,8-9,18-21H,4,6-7,10-17H2,1-3H3/t19-,20-,21?/m1/s1. The topological polar surface area (TPSA) is 86.3 Å². The number of rotatable bonds is 9. The van der Waals surface area contributed by atoms with Crippen LogP contribution >= 0.6 is 0 Å². The molecule has 1 unspecified atom stereocenters. The number of nitrogens with zero attached hydrogens (tertiary/aromatic N) is 5. The van der Waals surface area contributed by atoms with Crippen molar-refractivity contribution in [2.45, 2.75) is 77.2 Å². The van der Waals surface area contributed by atoms with Gasteiger partial charge in [-0.3, -0.25) is 4.79 Å². The van der Waals surface area contributed by atoms with Crippen molar-refractivity contribution in [3.8, 4) is 5.95 Å². The molecule has 3 aromatic rings. The lowest BCUT2D eigenvalue weighted by Crippen LogP contribution is -2.33. The van der Waals surface area contributed by atoms with Gasteiger partial charge < -0.3 is 14.2 Å². The van der Waals surface area contributed by atoms with E-state index in [0.29, 0.717) is 42.1 Å². The van der Waals surface area contributed by atoms with Gasteiger partial charge in [-0.2, -0.15) is 14.8 Å². The largest absolute Gasteiger partial charge is 0.377 e. The number of para-hydroxylation sites is 1. The third-order valence-electron chi connectivity index (χ3n) is 8.05. The lowest BCUT2D eigenvalue weighted by molar-refractivity contribution is -0.123. The zero-order valence-electron chi connectivity index (χ0n) is 22.2. The number of ether oxygens (including phenoxy) is 1. The predicted molar refractivity (Wildman–Crippen MR) is 138 cm³/mol. The van der Waals surface area contributed by atoms with Gasteiger partial charge in [0.15, 0.2) is 5.78 Å². The van der Waals surface area contributed by atoms with E-state index in [1.807, 2.05) is 19.9 Å². The van der Waals surface area contributed by atoms with Crippen molar-refractivity contribution < 1.29 is 18.4 Å². The van der Waals surface area contributed by atoms with Crippen LogP contribution in [0.15, 0.2) is 22.7 Å². The number of fused-ring (bicyclic) bond motifs is 1. The fourth-order valence-corrected chi connectivity index (χ4v) is 6.21. The van der Waals surface area contributed by atoms with Crippen LogP contribution in [0.3, 0.4) is 0 Å². The Labute approximate surface area is 217 Å². The number of carbonyl (C=O) groups excluding carboxylic acids is 1. The van der Waals surface area contributed by atoms with Crippen LogP contribution in [0.4, 0.5) is 4.39 Å². The van der Waals surface area contributed by atoms with Crippen LogP contribution in [0.5, 0.6) is 0 Å². The Morgan fingerprint density at radius 1 is 1.19 bits per heavy atom. The van der Waals surface area contributed by atoms with E-state index >= 15 is 0 Å². The molecule has 0 bridgehead atoms. The zero-order valence-corrected chi connectivity index (χ0v) is 22.2. The number of likely N-dealkylation sites (tertiary alicyclic amines) is 1. The molecule has 3 atom stereocenters. The molecule has 5 rings (SSSR count). The molecule has 0 radical (unpaired) electrons. The highest BCUT2D eigenvalue weighted by molar-refractivity contribution is 5.84. The van der Waals surface area contributed by atoms with Gasteiger partial charge in [0.25, 0.3) is 5.95 Å². The van der Waals surface area contributed by atoms with Crippen molar-refractivity contribution in [2.24, 2.45) is 11.8 Å². The second-order valence-electron chi connectivity index (χ2n) is 11.1. The van der Waals surface area contributed by atoms with Crippen molar-refractivity contribution in [3.05, 3.63) is 35.6 Å². The van der Waals surface area contributed by atoms with Gasteiger partial charge in [0.2, 0.25) is 5.89 Å². The lowest BCUT2D eigenvalue weighted by Gasteiger charge is -2.26. The van der Waals surface area contributed by atoms with Crippen LogP contribution in [0.25, 0.3) is 16.9 Å². The molecule has 0 N–H and O–H groups in total. The van der Waals surface area contributed by atoms with Gasteiger partial charge in [-0.05, 0) is 67.6 Å². The number of halogens is 1. The fourth-order valence-electron chi connectivity index (χ4n) is 6.21. The Bertz CT molecular complexity index is 1220. The molecule has 2 fully saturated rings. The zero-order chi connectivity index (χ0) is 25.9. The monoisotopic (exact) mass is 511 g/mol. The van der Waals surface area contributed by atoms with Crippen LogP contribution in [0.1, 0.15) is 76.3 Å². The first-order valence-corrected chi connectivity index (χ1v) is 13.7. The summed E-state index contributed by atoms with van der Waals surface area (Å²) < 4.78 is 26.8. The first-order valence-electron chi connectivity index (χ1n) is 13.7. The molecule has 0 spiro atoms. The fraction of sp³-hybridized carbons (Fsp3) is 0.643. The van der Waals surface area contributed by atoms with E-state index in [2.05, 4.69) is 20.1 Å². The maximum absolute atomic E-state index is 14.7. The number of hydrogen-bond acceptors (Lipinski definition) is 7. The molecule has 1 aromatic carbocycles. The minimum absolute atomic E-state index is 0.145. The first-order chi connectivity index (χ1) is 17.9. The van der Waals surface area contributed by atoms with Crippen LogP contribution in [-0.4, -0.2) is 63.5 Å². The van der Waals surface area contributed by atoms with Gasteiger partial charge in [-0.1, -0.05) is 32.4 Å².